The molecule has 1 amide bonds. The van der Waals surface area contributed by atoms with E-state index in [0.29, 0.717) is 17.7 Å². The zero-order chi connectivity index (χ0) is 14.0. The summed E-state index contributed by atoms with van der Waals surface area (Å²) in [4.78, 5) is 15.7. The molecule has 0 aliphatic heterocycles. The fraction of sp³-hybridized carbons (Fsp3) is 0.571. The van der Waals surface area contributed by atoms with E-state index in [9.17, 15) is 4.79 Å². The number of carbonyl (C=O) groups excluding carboxylic acids is 1. The number of hydrogen-bond acceptors (Lipinski definition) is 4. The maximum atomic E-state index is 11.6. The van der Waals surface area contributed by atoms with Crippen LogP contribution in [0.25, 0.3) is 0 Å². The highest BCUT2D eigenvalue weighted by Crippen LogP contribution is 2.47. The molecule has 0 radical (unpaired) electrons. The molecule has 2 rings (SSSR count). The van der Waals surface area contributed by atoms with Crippen molar-refractivity contribution >= 4 is 11.9 Å². The smallest absolute Gasteiger partial charge is 0.413 e. The van der Waals surface area contributed by atoms with Gasteiger partial charge >= 0.3 is 6.09 Å². The van der Waals surface area contributed by atoms with Crippen molar-refractivity contribution in [2.75, 3.05) is 11.9 Å². The number of amides is 1. The first-order chi connectivity index (χ1) is 8.89. The number of anilines is 1. The molecule has 1 fully saturated rings. The second-order valence-corrected chi connectivity index (χ2v) is 5.89. The van der Waals surface area contributed by atoms with Crippen molar-refractivity contribution in [3.05, 3.63) is 23.9 Å². The van der Waals surface area contributed by atoms with Gasteiger partial charge in [0.15, 0.2) is 0 Å². The van der Waals surface area contributed by atoms with Gasteiger partial charge in [-0.25, -0.2) is 9.78 Å². The third-order valence-corrected chi connectivity index (χ3v) is 3.00. The number of ether oxygens (including phenoxy) is 1. The minimum absolute atomic E-state index is 0.210. The van der Waals surface area contributed by atoms with Crippen LogP contribution in [0.3, 0.4) is 0 Å². The average Bonchev–Trinajstić information content (AvgIpc) is 3.05. The predicted molar refractivity (Wildman–Crippen MR) is 72.0 cm³/mol. The molecule has 0 saturated heterocycles. The van der Waals surface area contributed by atoms with Crippen molar-refractivity contribution in [3.63, 3.8) is 0 Å². The first-order valence-electron chi connectivity index (χ1n) is 6.46. The summed E-state index contributed by atoms with van der Waals surface area (Å²) in [6, 6.07) is 3.75. The van der Waals surface area contributed by atoms with Gasteiger partial charge in [0.25, 0.3) is 0 Å². The molecular formula is C14H20N2O3. The summed E-state index contributed by atoms with van der Waals surface area (Å²) in [5.74, 6) is 1.21. The van der Waals surface area contributed by atoms with Gasteiger partial charge in [-0.15, -0.1) is 0 Å². The Morgan fingerprint density at radius 1 is 1.58 bits per heavy atom. The summed E-state index contributed by atoms with van der Waals surface area (Å²) in [5.41, 5.74) is 0.570. The Hall–Kier alpha value is -1.62. The third-order valence-electron chi connectivity index (χ3n) is 3.00. The van der Waals surface area contributed by atoms with E-state index in [0.717, 1.165) is 12.0 Å². The number of hydrogen-bond donors (Lipinski definition) is 2. The molecule has 0 aromatic carbocycles. The average molecular weight is 264 g/mol. The topological polar surface area (TPSA) is 71.5 Å². The Balaban J connectivity index is 1.98. The van der Waals surface area contributed by atoms with Gasteiger partial charge in [0.05, 0.1) is 0 Å². The molecule has 104 valence electrons. The fourth-order valence-corrected chi connectivity index (χ4v) is 2.01. The molecule has 1 aromatic rings. The van der Waals surface area contributed by atoms with E-state index in [1.54, 1.807) is 6.20 Å². The lowest BCUT2D eigenvalue weighted by atomic mass is 10.1. The predicted octanol–water partition coefficient (Wildman–Crippen LogP) is 2.52. The van der Waals surface area contributed by atoms with Crippen LogP contribution >= 0.6 is 0 Å². The molecule has 1 aromatic heterocycles. The number of aliphatic hydroxyl groups is 1. The van der Waals surface area contributed by atoms with Crippen molar-refractivity contribution in [3.8, 4) is 0 Å². The highest BCUT2D eigenvalue weighted by atomic mass is 16.6. The lowest BCUT2D eigenvalue weighted by molar-refractivity contribution is 0.0635. The molecule has 1 heterocycles. The van der Waals surface area contributed by atoms with E-state index >= 15 is 0 Å². The first-order valence-corrected chi connectivity index (χ1v) is 6.46. The highest BCUT2D eigenvalue weighted by molar-refractivity contribution is 5.83. The van der Waals surface area contributed by atoms with E-state index < -0.39 is 11.7 Å². The van der Waals surface area contributed by atoms with Gasteiger partial charge in [0.1, 0.15) is 11.4 Å². The summed E-state index contributed by atoms with van der Waals surface area (Å²) in [6.45, 7) is 5.65. The number of aromatic nitrogens is 1. The summed E-state index contributed by atoms with van der Waals surface area (Å²) >= 11 is 0. The molecule has 2 atom stereocenters. The number of nitrogens with zero attached hydrogens (tertiary/aromatic N) is 1. The SMILES string of the molecule is CC(C)(C)OC(=O)Nc1cc([C@H]2C[C@@H]2CO)ccn1. The van der Waals surface area contributed by atoms with E-state index in [2.05, 4.69) is 10.3 Å². The Morgan fingerprint density at radius 2 is 2.32 bits per heavy atom. The van der Waals surface area contributed by atoms with Crippen molar-refractivity contribution in [1.82, 2.24) is 4.98 Å². The standard InChI is InChI=1S/C14H20N2O3/c1-14(2,3)19-13(18)16-12-7-9(4-5-15-12)11-6-10(11)8-17/h4-5,7,10-11,17H,6,8H2,1-3H3,(H,15,16,18)/t10-,11-/m1/s1. The van der Waals surface area contributed by atoms with Crippen molar-refractivity contribution in [2.24, 2.45) is 5.92 Å². The van der Waals surface area contributed by atoms with Gasteiger partial charge in [0.2, 0.25) is 0 Å². The maximum Gasteiger partial charge on any atom is 0.413 e. The minimum atomic E-state index is -0.528. The maximum absolute atomic E-state index is 11.6. The van der Waals surface area contributed by atoms with Gasteiger partial charge in [0, 0.05) is 12.8 Å². The monoisotopic (exact) mass is 264 g/mol. The highest BCUT2D eigenvalue weighted by Gasteiger charge is 2.37. The number of aliphatic hydroxyl groups excluding tert-OH is 1. The quantitative estimate of drug-likeness (QED) is 0.880. The van der Waals surface area contributed by atoms with Crippen LogP contribution in [0.4, 0.5) is 10.6 Å². The molecule has 0 bridgehead atoms. The Labute approximate surface area is 113 Å². The molecule has 2 N–H and O–H groups in total. The van der Waals surface area contributed by atoms with Crippen molar-refractivity contribution in [2.45, 2.75) is 38.7 Å². The van der Waals surface area contributed by atoms with Crippen LogP contribution in [0.1, 0.15) is 38.7 Å². The van der Waals surface area contributed by atoms with Crippen LogP contribution < -0.4 is 5.32 Å². The molecule has 1 aliphatic carbocycles. The van der Waals surface area contributed by atoms with E-state index in [4.69, 9.17) is 9.84 Å². The number of rotatable bonds is 3. The van der Waals surface area contributed by atoms with Crippen LogP contribution in [-0.2, 0) is 4.74 Å². The van der Waals surface area contributed by atoms with Gasteiger partial charge in [-0.2, -0.15) is 0 Å². The minimum Gasteiger partial charge on any atom is -0.444 e. The molecule has 1 aliphatic rings. The Bertz CT molecular complexity index is 468. The lowest BCUT2D eigenvalue weighted by Crippen LogP contribution is -2.27. The Kier molecular flexibility index (Phi) is 3.75. The summed E-state index contributed by atoms with van der Waals surface area (Å²) < 4.78 is 5.17. The zero-order valence-corrected chi connectivity index (χ0v) is 11.5. The van der Waals surface area contributed by atoms with Crippen LogP contribution in [0, 0.1) is 5.92 Å². The second-order valence-electron chi connectivity index (χ2n) is 5.89. The second kappa shape index (κ2) is 5.17. The van der Waals surface area contributed by atoms with E-state index in [-0.39, 0.29) is 6.61 Å². The number of carbonyl (C=O) groups is 1. The fourth-order valence-electron chi connectivity index (χ4n) is 2.01. The molecule has 0 spiro atoms. The molecule has 19 heavy (non-hydrogen) atoms. The Morgan fingerprint density at radius 3 is 2.89 bits per heavy atom. The summed E-state index contributed by atoms with van der Waals surface area (Å²) in [6.07, 6.45) is 2.15. The summed E-state index contributed by atoms with van der Waals surface area (Å²) in [7, 11) is 0. The lowest BCUT2D eigenvalue weighted by Gasteiger charge is -2.19. The van der Waals surface area contributed by atoms with Crippen LogP contribution in [0.2, 0.25) is 0 Å². The van der Waals surface area contributed by atoms with Gasteiger partial charge in [-0.05, 0) is 56.7 Å². The molecule has 5 heteroatoms. The van der Waals surface area contributed by atoms with Gasteiger partial charge in [-0.1, -0.05) is 0 Å². The van der Waals surface area contributed by atoms with E-state index in [1.807, 2.05) is 32.9 Å². The van der Waals surface area contributed by atoms with Crippen molar-refractivity contribution in [1.29, 1.82) is 0 Å². The number of nitrogens with one attached hydrogen (secondary N) is 1. The molecular weight excluding hydrogens is 244 g/mol. The van der Waals surface area contributed by atoms with Crippen LogP contribution in [0.15, 0.2) is 18.3 Å². The third kappa shape index (κ3) is 3.92. The van der Waals surface area contributed by atoms with Gasteiger partial charge < -0.3 is 9.84 Å². The normalized spacial score (nSPS) is 21.9. The largest absolute Gasteiger partial charge is 0.444 e. The molecule has 5 nitrogen and oxygen atoms in total. The molecule has 1 saturated carbocycles. The first kappa shape index (κ1) is 13.8. The van der Waals surface area contributed by atoms with Crippen molar-refractivity contribution < 1.29 is 14.6 Å². The zero-order valence-electron chi connectivity index (χ0n) is 11.5. The van der Waals surface area contributed by atoms with Crippen LogP contribution in [-0.4, -0.2) is 28.4 Å². The van der Waals surface area contributed by atoms with Gasteiger partial charge in [-0.3, -0.25) is 5.32 Å². The number of pyridine rings is 1. The van der Waals surface area contributed by atoms with E-state index in [1.165, 1.54) is 0 Å². The van der Waals surface area contributed by atoms with Crippen LogP contribution in [0.5, 0.6) is 0 Å². The summed E-state index contributed by atoms with van der Waals surface area (Å²) in [5, 5.41) is 11.7. The molecule has 0 unspecified atom stereocenters.